The van der Waals surface area contributed by atoms with Gasteiger partial charge in [-0.15, -0.1) is 0 Å². The zero-order valence-electron chi connectivity index (χ0n) is 22.8. The van der Waals surface area contributed by atoms with Crippen molar-refractivity contribution in [3.8, 4) is 5.75 Å². The lowest BCUT2D eigenvalue weighted by Gasteiger charge is -2.45. The van der Waals surface area contributed by atoms with Gasteiger partial charge in [0.2, 0.25) is 6.41 Å². The average Bonchev–Trinajstić information content (AvgIpc) is 2.91. The zero-order valence-corrected chi connectivity index (χ0v) is 23.6. The van der Waals surface area contributed by atoms with Crippen molar-refractivity contribution in [2.24, 2.45) is 11.1 Å². The first-order chi connectivity index (χ1) is 18.4. The molecule has 0 aromatic heterocycles. The van der Waals surface area contributed by atoms with Crippen molar-refractivity contribution in [2.75, 3.05) is 51.7 Å². The van der Waals surface area contributed by atoms with Crippen molar-refractivity contribution in [1.82, 2.24) is 9.80 Å². The largest absolute Gasteiger partial charge is 0.482 e. The summed E-state index contributed by atoms with van der Waals surface area (Å²) in [5, 5.41) is 3.02. The van der Waals surface area contributed by atoms with Crippen LogP contribution in [0.3, 0.4) is 0 Å². The molecule has 210 valence electrons. The van der Waals surface area contributed by atoms with Gasteiger partial charge in [0.05, 0.1) is 5.69 Å². The number of anilines is 1. The lowest BCUT2D eigenvalue weighted by Crippen LogP contribution is -2.50. The number of amides is 2. The molecule has 3 rings (SSSR count). The number of hydrogen-bond acceptors (Lipinski definition) is 5. The Morgan fingerprint density at radius 1 is 1.13 bits per heavy atom. The molecule has 2 amide bonds. The number of rotatable bonds is 13. The van der Waals surface area contributed by atoms with Gasteiger partial charge in [-0.3, -0.25) is 9.59 Å². The van der Waals surface area contributed by atoms with E-state index in [-0.39, 0.29) is 23.7 Å². The number of nitrogens with two attached hydrogens (primary N) is 1. The van der Waals surface area contributed by atoms with Crippen molar-refractivity contribution < 1.29 is 18.7 Å². The van der Waals surface area contributed by atoms with Gasteiger partial charge in [0, 0.05) is 24.7 Å². The number of nitrogens with one attached hydrogen (secondary N) is 1. The molecule has 2 aromatic carbocycles. The standard InChI is InChI=1S/C28H37ClFN3O3.CH5N/c1-3-13-32(14-4-2)20-28(18-22-5-8-24(30)9-6-22)11-15-33(16-12-28)27(35)19-36-26-10-7-23(29)17-25(26)31-21-34;1-2/h5-10,17,21H,3-4,11-16,18-20H2,1-2H3,(H,31,34);2H2,1H3. The van der Waals surface area contributed by atoms with Crippen molar-refractivity contribution in [3.05, 3.63) is 58.9 Å². The third-order valence-corrected chi connectivity index (χ3v) is 7.05. The molecule has 1 saturated heterocycles. The van der Waals surface area contributed by atoms with Crippen LogP contribution in [0.5, 0.6) is 5.75 Å². The highest BCUT2D eigenvalue weighted by Crippen LogP contribution is 2.37. The van der Waals surface area contributed by atoms with Crippen LogP contribution in [0, 0.1) is 11.2 Å². The normalized spacial score (nSPS) is 14.4. The topological polar surface area (TPSA) is 87.9 Å². The molecule has 3 N–H and O–H groups in total. The van der Waals surface area contributed by atoms with E-state index in [1.54, 1.807) is 18.2 Å². The second-order valence-electron chi connectivity index (χ2n) is 9.65. The number of likely N-dealkylation sites (tertiary alicyclic amines) is 1. The molecule has 0 aliphatic carbocycles. The van der Waals surface area contributed by atoms with E-state index in [2.05, 4.69) is 29.8 Å². The van der Waals surface area contributed by atoms with Crippen LogP contribution in [0.1, 0.15) is 45.1 Å². The maximum Gasteiger partial charge on any atom is 0.260 e. The van der Waals surface area contributed by atoms with Gasteiger partial charge >= 0.3 is 0 Å². The van der Waals surface area contributed by atoms with Gasteiger partial charge in [-0.25, -0.2) is 4.39 Å². The van der Waals surface area contributed by atoms with Crippen LogP contribution < -0.4 is 15.8 Å². The van der Waals surface area contributed by atoms with Crippen LogP contribution in [0.25, 0.3) is 0 Å². The molecule has 2 aromatic rings. The summed E-state index contributed by atoms with van der Waals surface area (Å²) in [5.41, 5.74) is 6.08. The minimum atomic E-state index is -0.223. The summed E-state index contributed by atoms with van der Waals surface area (Å²) >= 11 is 6.00. The Balaban J connectivity index is 0.00000247. The number of ether oxygens (including phenoxy) is 1. The van der Waals surface area contributed by atoms with Crippen LogP contribution in [-0.4, -0.2) is 68.5 Å². The van der Waals surface area contributed by atoms with E-state index < -0.39 is 0 Å². The highest BCUT2D eigenvalue weighted by molar-refractivity contribution is 6.31. The zero-order chi connectivity index (χ0) is 28.0. The summed E-state index contributed by atoms with van der Waals surface area (Å²) in [6.07, 6.45) is 5.35. The van der Waals surface area contributed by atoms with Crippen LogP contribution >= 0.6 is 11.6 Å². The van der Waals surface area contributed by atoms with Gasteiger partial charge in [-0.2, -0.15) is 0 Å². The second kappa shape index (κ2) is 16.3. The van der Waals surface area contributed by atoms with Gasteiger partial charge in [0.25, 0.3) is 5.91 Å². The van der Waals surface area contributed by atoms with E-state index in [9.17, 15) is 14.0 Å². The quantitative estimate of drug-likeness (QED) is 0.345. The maximum absolute atomic E-state index is 13.5. The van der Waals surface area contributed by atoms with Gasteiger partial charge in [0.15, 0.2) is 6.61 Å². The third kappa shape index (κ3) is 9.57. The highest BCUT2D eigenvalue weighted by atomic mass is 35.5. The number of carbonyl (C=O) groups excluding carboxylic acids is 2. The minimum absolute atomic E-state index is 0.0248. The van der Waals surface area contributed by atoms with Crippen LogP contribution in [-0.2, 0) is 16.0 Å². The van der Waals surface area contributed by atoms with E-state index in [0.717, 1.165) is 57.3 Å². The Labute approximate surface area is 231 Å². The third-order valence-electron chi connectivity index (χ3n) is 6.82. The maximum atomic E-state index is 13.5. The van der Waals surface area contributed by atoms with E-state index in [1.165, 1.54) is 19.2 Å². The minimum Gasteiger partial charge on any atom is -0.482 e. The molecule has 1 aliphatic rings. The van der Waals surface area contributed by atoms with E-state index in [0.29, 0.717) is 36.0 Å². The molecule has 1 heterocycles. The monoisotopic (exact) mass is 548 g/mol. The molecule has 9 heteroatoms. The molecule has 7 nitrogen and oxygen atoms in total. The summed E-state index contributed by atoms with van der Waals surface area (Å²) in [7, 11) is 1.50. The first-order valence-corrected chi connectivity index (χ1v) is 13.7. The predicted octanol–water partition coefficient (Wildman–Crippen LogP) is 4.97. The summed E-state index contributed by atoms with van der Waals surface area (Å²) in [4.78, 5) is 28.2. The first-order valence-electron chi connectivity index (χ1n) is 13.3. The number of hydrogen-bond donors (Lipinski definition) is 2. The molecule has 1 aliphatic heterocycles. The molecule has 38 heavy (non-hydrogen) atoms. The lowest BCUT2D eigenvalue weighted by molar-refractivity contribution is -0.136. The Hall–Kier alpha value is -2.68. The fraction of sp³-hybridized carbons (Fsp3) is 0.517. The van der Waals surface area contributed by atoms with E-state index >= 15 is 0 Å². The molecule has 0 spiro atoms. The highest BCUT2D eigenvalue weighted by Gasteiger charge is 2.37. The summed E-state index contributed by atoms with van der Waals surface area (Å²) in [6.45, 7) is 8.65. The molecule has 0 saturated carbocycles. The van der Waals surface area contributed by atoms with Gasteiger partial charge in [-0.1, -0.05) is 37.6 Å². The van der Waals surface area contributed by atoms with Crippen LogP contribution in [0.4, 0.5) is 10.1 Å². The van der Waals surface area contributed by atoms with Crippen LogP contribution in [0.15, 0.2) is 42.5 Å². The van der Waals surface area contributed by atoms with Crippen LogP contribution in [0.2, 0.25) is 5.02 Å². The second-order valence-corrected chi connectivity index (χ2v) is 10.1. The summed E-state index contributed by atoms with van der Waals surface area (Å²) in [6, 6.07) is 11.7. The Kier molecular flexibility index (Phi) is 13.5. The molecule has 0 bridgehead atoms. The Morgan fingerprint density at radius 3 is 2.34 bits per heavy atom. The fourth-order valence-corrected chi connectivity index (χ4v) is 5.24. The summed E-state index contributed by atoms with van der Waals surface area (Å²) in [5.74, 6) is 0.0904. The smallest absolute Gasteiger partial charge is 0.260 e. The van der Waals surface area contributed by atoms with Gasteiger partial charge < -0.3 is 25.6 Å². The molecule has 0 atom stereocenters. The van der Waals surface area contributed by atoms with Crippen molar-refractivity contribution in [1.29, 1.82) is 0 Å². The number of piperidine rings is 1. The lowest BCUT2D eigenvalue weighted by atomic mass is 9.73. The molecular weight excluding hydrogens is 507 g/mol. The number of nitrogens with zero attached hydrogens (tertiary/aromatic N) is 2. The fourth-order valence-electron chi connectivity index (χ4n) is 5.07. The predicted molar refractivity (Wildman–Crippen MR) is 152 cm³/mol. The SMILES string of the molecule is CCCN(CCC)CC1(Cc2ccc(F)cc2)CCN(C(=O)COc2ccc(Cl)cc2NC=O)CC1.CN. The van der Waals surface area contributed by atoms with E-state index in [1.807, 2.05) is 17.0 Å². The summed E-state index contributed by atoms with van der Waals surface area (Å²) < 4.78 is 19.2. The van der Waals surface area contributed by atoms with Crippen molar-refractivity contribution >= 4 is 29.6 Å². The van der Waals surface area contributed by atoms with Crippen molar-refractivity contribution in [3.63, 3.8) is 0 Å². The van der Waals surface area contributed by atoms with Gasteiger partial charge in [0.1, 0.15) is 11.6 Å². The molecule has 0 radical (unpaired) electrons. The van der Waals surface area contributed by atoms with Gasteiger partial charge in [-0.05, 0) is 93.6 Å². The molecule has 0 unspecified atom stereocenters. The first kappa shape index (κ1) is 31.5. The Morgan fingerprint density at radius 2 is 1.76 bits per heavy atom. The van der Waals surface area contributed by atoms with Crippen molar-refractivity contribution in [2.45, 2.75) is 46.0 Å². The molecular formula is C29H42ClFN4O3. The average molecular weight is 549 g/mol. The number of halogens is 2. The molecule has 1 fully saturated rings. The number of benzene rings is 2. The Bertz CT molecular complexity index is 992. The number of carbonyl (C=O) groups is 2. The van der Waals surface area contributed by atoms with E-state index in [4.69, 9.17) is 16.3 Å².